The third-order valence-corrected chi connectivity index (χ3v) is 2.57. The molecule has 0 N–H and O–H groups in total. The molecule has 0 radical (unpaired) electrons. The summed E-state index contributed by atoms with van der Waals surface area (Å²) in [5, 5.41) is 0. The van der Waals surface area contributed by atoms with Gasteiger partial charge >= 0.3 is 0 Å². The second kappa shape index (κ2) is 5.63. The first-order chi connectivity index (χ1) is 8.29. The van der Waals surface area contributed by atoms with Gasteiger partial charge in [0, 0.05) is 12.8 Å². The Kier molecular flexibility index (Phi) is 3.93. The van der Waals surface area contributed by atoms with Gasteiger partial charge in [-0.05, 0) is 19.1 Å². The van der Waals surface area contributed by atoms with Crippen molar-refractivity contribution < 1.29 is 14.3 Å². The Morgan fingerprint density at radius 3 is 3.06 bits per heavy atom. The molecule has 1 aromatic heterocycles. The summed E-state index contributed by atoms with van der Waals surface area (Å²) in [7, 11) is 0. The Morgan fingerprint density at radius 1 is 1.59 bits per heavy atom. The summed E-state index contributed by atoms with van der Waals surface area (Å²) in [5.74, 6) is 0.771. The largest absolute Gasteiger partial charge is 0.485 e. The maximum absolute atomic E-state index is 11.5. The van der Waals surface area contributed by atoms with Gasteiger partial charge < -0.3 is 14.4 Å². The van der Waals surface area contributed by atoms with Crippen LogP contribution in [0.5, 0.6) is 5.75 Å². The Bertz CT molecular complexity index is 363. The second-order valence-corrected chi connectivity index (χ2v) is 3.86. The number of carbonyl (C=O) groups excluding carboxylic acids is 1. The minimum absolute atomic E-state index is 0.0258. The molecule has 0 saturated carbocycles. The molecule has 0 aromatic carbocycles. The highest BCUT2D eigenvalue weighted by Gasteiger charge is 2.31. The van der Waals surface area contributed by atoms with Gasteiger partial charge in [-0.2, -0.15) is 0 Å². The van der Waals surface area contributed by atoms with E-state index in [0.717, 1.165) is 5.75 Å². The van der Waals surface area contributed by atoms with Crippen LogP contribution in [0, 0.1) is 0 Å². The molecule has 17 heavy (non-hydrogen) atoms. The molecular formula is C12H16N2O3. The van der Waals surface area contributed by atoms with E-state index in [9.17, 15) is 4.79 Å². The van der Waals surface area contributed by atoms with Crippen LogP contribution in [0.2, 0.25) is 0 Å². The molecule has 0 bridgehead atoms. The average molecular weight is 236 g/mol. The smallest absolute Gasteiger partial charge is 0.248 e. The number of ether oxygens (including phenoxy) is 2. The van der Waals surface area contributed by atoms with Gasteiger partial charge in [-0.15, -0.1) is 0 Å². The van der Waals surface area contributed by atoms with Gasteiger partial charge in [0.25, 0.3) is 0 Å². The number of pyridine rings is 1. The maximum atomic E-state index is 11.5. The highest BCUT2D eigenvalue weighted by molar-refractivity contribution is 5.78. The van der Waals surface area contributed by atoms with Gasteiger partial charge in [0.15, 0.2) is 0 Å². The molecule has 92 valence electrons. The summed E-state index contributed by atoms with van der Waals surface area (Å²) < 4.78 is 10.7. The van der Waals surface area contributed by atoms with E-state index in [1.54, 1.807) is 17.3 Å². The van der Waals surface area contributed by atoms with Crippen LogP contribution in [-0.4, -0.2) is 48.2 Å². The second-order valence-electron chi connectivity index (χ2n) is 3.86. The Labute approximate surface area is 100 Å². The first kappa shape index (κ1) is 11.9. The minimum atomic E-state index is 0.0258. The van der Waals surface area contributed by atoms with Crippen molar-refractivity contribution in [1.82, 2.24) is 9.88 Å². The van der Waals surface area contributed by atoms with E-state index in [2.05, 4.69) is 4.98 Å². The quantitative estimate of drug-likeness (QED) is 0.755. The summed E-state index contributed by atoms with van der Waals surface area (Å²) >= 11 is 0. The fourth-order valence-electron chi connectivity index (χ4n) is 1.61. The molecule has 1 aromatic rings. The van der Waals surface area contributed by atoms with Gasteiger partial charge in [-0.1, -0.05) is 0 Å². The van der Waals surface area contributed by atoms with Gasteiger partial charge in [0.1, 0.15) is 18.5 Å². The van der Waals surface area contributed by atoms with Crippen LogP contribution in [0.25, 0.3) is 0 Å². The summed E-state index contributed by atoms with van der Waals surface area (Å²) in [6, 6.07) is 3.68. The third kappa shape index (κ3) is 3.17. The molecule has 1 amide bonds. The maximum Gasteiger partial charge on any atom is 0.248 e. The number of aromatic nitrogens is 1. The summed E-state index contributed by atoms with van der Waals surface area (Å²) in [5.41, 5.74) is 0. The van der Waals surface area contributed by atoms with Crippen molar-refractivity contribution >= 4 is 5.91 Å². The van der Waals surface area contributed by atoms with Crippen LogP contribution in [0.4, 0.5) is 0 Å². The fraction of sp³-hybridized carbons (Fsp3) is 0.500. The number of hydrogen-bond acceptors (Lipinski definition) is 4. The molecule has 1 aliphatic rings. The van der Waals surface area contributed by atoms with Crippen molar-refractivity contribution in [2.75, 3.05) is 26.3 Å². The first-order valence-corrected chi connectivity index (χ1v) is 5.71. The predicted molar refractivity (Wildman–Crippen MR) is 61.7 cm³/mol. The van der Waals surface area contributed by atoms with Gasteiger partial charge in [-0.3, -0.25) is 9.78 Å². The van der Waals surface area contributed by atoms with Crippen molar-refractivity contribution in [2.45, 2.75) is 13.0 Å². The van der Waals surface area contributed by atoms with Crippen LogP contribution in [0.15, 0.2) is 24.5 Å². The third-order valence-electron chi connectivity index (χ3n) is 2.57. The van der Waals surface area contributed by atoms with E-state index in [4.69, 9.17) is 9.47 Å². The average Bonchev–Trinajstić information content (AvgIpc) is 2.31. The van der Waals surface area contributed by atoms with Crippen LogP contribution in [0.1, 0.15) is 6.92 Å². The van der Waals surface area contributed by atoms with E-state index in [0.29, 0.717) is 19.7 Å². The lowest BCUT2D eigenvalue weighted by Gasteiger charge is -2.38. The van der Waals surface area contributed by atoms with Crippen molar-refractivity contribution in [3.63, 3.8) is 0 Å². The van der Waals surface area contributed by atoms with Crippen LogP contribution in [0.3, 0.4) is 0 Å². The van der Waals surface area contributed by atoms with Crippen LogP contribution >= 0.6 is 0 Å². The van der Waals surface area contributed by atoms with E-state index in [-0.39, 0.29) is 18.6 Å². The molecule has 2 rings (SSSR count). The molecule has 0 spiro atoms. The first-order valence-electron chi connectivity index (χ1n) is 5.71. The van der Waals surface area contributed by atoms with E-state index >= 15 is 0 Å². The van der Waals surface area contributed by atoms with Crippen molar-refractivity contribution in [3.05, 3.63) is 24.5 Å². The van der Waals surface area contributed by atoms with Crippen LogP contribution in [-0.2, 0) is 9.53 Å². The minimum Gasteiger partial charge on any atom is -0.485 e. The van der Waals surface area contributed by atoms with E-state index in [1.807, 2.05) is 19.1 Å². The Hall–Kier alpha value is -1.62. The van der Waals surface area contributed by atoms with Gasteiger partial charge in [0.2, 0.25) is 5.91 Å². The predicted octanol–water partition coefficient (Wildman–Crippen LogP) is 0.708. The van der Waals surface area contributed by atoms with Crippen LogP contribution < -0.4 is 4.74 Å². The number of rotatable bonds is 5. The molecular weight excluding hydrogens is 220 g/mol. The Balaban J connectivity index is 1.70. The molecule has 0 atom stereocenters. The summed E-state index contributed by atoms with van der Waals surface area (Å²) in [6.45, 7) is 3.85. The molecule has 1 fully saturated rings. The monoisotopic (exact) mass is 236 g/mol. The highest BCUT2D eigenvalue weighted by atomic mass is 16.5. The number of nitrogens with zero attached hydrogens (tertiary/aromatic N) is 2. The standard InChI is InChI=1S/C12H16N2O3/c1-2-16-9-12(15)14-7-11(8-14)17-10-4-3-5-13-6-10/h3-6,11H,2,7-9H2,1H3. The van der Waals surface area contributed by atoms with Crippen molar-refractivity contribution in [3.8, 4) is 5.75 Å². The Morgan fingerprint density at radius 2 is 2.41 bits per heavy atom. The topological polar surface area (TPSA) is 51.7 Å². The number of likely N-dealkylation sites (tertiary alicyclic amines) is 1. The zero-order valence-electron chi connectivity index (χ0n) is 9.83. The lowest BCUT2D eigenvalue weighted by Crippen LogP contribution is -2.57. The molecule has 5 heteroatoms. The highest BCUT2D eigenvalue weighted by Crippen LogP contribution is 2.16. The lowest BCUT2D eigenvalue weighted by atomic mass is 10.1. The number of carbonyl (C=O) groups is 1. The van der Waals surface area contributed by atoms with Crippen molar-refractivity contribution in [2.24, 2.45) is 0 Å². The summed E-state index contributed by atoms with van der Waals surface area (Å²) in [4.78, 5) is 17.2. The van der Waals surface area contributed by atoms with Gasteiger partial charge in [0.05, 0.1) is 19.3 Å². The molecule has 1 aliphatic heterocycles. The zero-order valence-corrected chi connectivity index (χ0v) is 9.83. The molecule has 2 heterocycles. The normalized spacial score (nSPS) is 15.5. The zero-order chi connectivity index (χ0) is 12.1. The summed E-state index contributed by atoms with van der Waals surface area (Å²) in [6.07, 6.45) is 3.45. The molecule has 0 aliphatic carbocycles. The fourth-order valence-corrected chi connectivity index (χ4v) is 1.61. The SMILES string of the molecule is CCOCC(=O)N1CC(Oc2cccnc2)C1. The van der Waals surface area contributed by atoms with Crippen molar-refractivity contribution in [1.29, 1.82) is 0 Å². The molecule has 5 nitrogen and oxygen atoms in total. The number of amides is 1. The lowest BCUT2D eigenvalue weighted by molar-refractivity contribution is -0.144. The molecule has 1 saturated heterocycles. The van der Waals surface area contributed by atoms with E-state index in [1.165, 1.54) is 0 Å². The van der Waals surface area contributed by atoms with E-state index < -0.39 is 0 Å². The molecule has 0 unspecified atom stereocenters. The van der Waals surface area contributed by atoms with Gasteiger partial charge in [-0.25, -0.2) is 0 Å². The number of hydrogen-bond donors (Lipinski definition) is 0.